The molecular weight excluding hydrogens is 284 g/mol. The van der Waals surface area contributed by atoms with Crippen LogP contribution in [-0.2, 0) is 13.0 Å². The number of benzene rings is 2. The number of aromatic nitrogens is 2. The number of hydrogen-bond acceptors (Lipinski definition) is 2. The lowest BCUT2D eigenvalue weighted by atomic mass is 10.1. The fourth-order valence-electron chi connectivity index (χ4n) is 2.62. The standard InChI is InChI=1S/C17H17ClN2O/c1-2-17-19-14-9-5-6-10-15(14)20(17)11-16(21)12-7-3-4-8-13(12)18/h3-10,16,21H,2,11H2,1H3. The minimum Gasteiger partial charge on any atom is -0.386 e. The minimum atomic E-state index is -0.651. The Hall–Kier alpha value is -1.84. The van der Waals surface area contributed by atoms with Crippen LogP contribution in [0.2, 0.25) is 5.02 Å². The summed E-state index contributed by atoms with van der Waals surface area (Å²) in [6.45, 7) is 2.52. The molecule has 0 amide bonds. The van der Waals surface area contributed by atoms with Crippen molar-refractivity contribution >= 4 is 22.6 Å². The summed E-state index contributed by atoms with van der Waals surface area (Å²) in [5, 5.41) is 11.1. The van der Waals surface area contributed by atoms with E-state index in [1.807, 2.05) is 42.5 Å². The van der Waals surface area contributed by atoms with Gasteiger partial charge >= 0.3 is 0 Å². The number of aliphatic hydroxyl groups is 1. The van der Waals surface area contributed by atoms with Crippen molar-refractivity contribution in [3.63, 3.8) is 0 Å². The number of hydrogen-bond donors (Lipinski definition) is 1. The van der Waals surface area contributed by atoms with Crippen LogP contribution in [0.4, 0.5) is 0 Å². The van der Waals surface area contributed by atoms with Gasteiger partial charge in [0.15, 0.2) is 0 Å². The Balaban J connectivity index is 1.99. The maximum absolute atomic E-state index is 10.5. The van der Waals surface area contributed by atoms with Gasteiger partial charge in [-0.05, 0) is 18.2 Å². The monoisotopic (exact) mass is 300 g/mol. The van der Waals surface area contributed by atoms with E-state index in [0.29, 0.717) is 11.6 Å². The Bertz CT molecular complexity index is 766. The zero-order chi connectivity index (χ0) is 14.8. The summed E-state index contributed by atoms with van der Waals surface area (Å²) in [5.74, 6) is 0.974. The first-order chi connectivity index (χ1) is 10.2. The van der Waals surface area contributed by atoms with E-state index in [2.05, 4.69) is 16.5 Å². The molecule has 0 fully saturated rings. The van der Waals surface area contributed by atoms with Crippen LogP contribution in [0.25, 0.3) is 11.0 Å². The molecule has 0 aliphatic rings. The first-order valence-electron chi connectivity index (χ1n) is 7.07. The first kappa shape index (κ1) is 14.1. The SMILES string of the molecule is CCc1nc2ccccc2n1CC(O)c1ccccc1Cl. The highest BCUT2D eigenvalue weighted by Crippen LogP contribution is 2.26. The quantitative estimate of drug-likeness (QED) is 0.791. The van der Waals surface area contributed by atoms with Crippen LogP contribution in [0.5, 0.6) is 0 Å². The van der Waals surface area contributed by atoms with Gasteiger partial charge in [-0.2, -0.15) is 0 Å². The first-order valence-corrected chi connectivity index (χ1v) is 7.45. The Kier molecular flexibility index (Phi) is 3.95. The van der Waals surface area contributed by atoms with E-state index in [1.54, 1.807) is 6.07 Å². The van der Waals surface area contributed by atoms with Gasteiger partial charge in [0.25, 0.3) is 0 Å². The molecule has 1 atom stereocenters. The van der Waals surface area contributed by atoms with E-state index < -0.39 is 6.10 Å². The van der Waals surface area contributed by atoms with Crippen LogP contribution < -0.4 is 0 Å². The van der Waals surface area contributed by atoms with Crippen molar-refractivity contribution in [3.8, 4) is 0 Å². The molecular formula is C17H17ClN2O. The van der Waals surface area contributed by atoms with Crippen molar-refractivity contribution in [2.75, 3.05) is 0 Å². The van der Waals surface area contributed by atoms with E-state index in [9.17, 15) is 5.11 Å². The third kappa shape index (κ3) is 2.67. The van der Waals surface area contributed by atoms with Gasteiger partial charge < -0.3 is 9.67 Å². The molecule has 0 radical (unpaired) electrons. The number of fused-ring (bicyclic) bond motifs is 1. The van der Waals surface area contributed by atoms with E-state index in [0.717, 1.165) is 28.8 Å². The summed E-state index contributed by atoms with van der Waals surface area (Å²) in [4.78, 5) is 4.62. The lowest BCUT2D eigenvalue weighted by Crippen LogP contribution is -2.11. The van der Waals surface area contributed by atoms with Gasteiger partial charge in [-0.15, -0.1) is 0 Å². The van der Waals surface area contributed by atoms with Crippen LogP contribution in [0.15, 0.2) is 48.5 Å². The van der Waals surface area contributed by atoms with Crippen molar-refractivity contribution in [3.05, 3.63) is 64.9 Å². The predicted octanol–water partition coefficient (Wildman–Crippen LogP) is 3.99. The number of aryl methyl sites for hydroxylation is 1. The molecule has 0 saturated carbocycles. The smallest absolute Gasteiger partial charge is 0.109 e. The fraction of sp³-hybridized carbons (Fsp3) is 0.235. The number of para-hydroxylation sites is 2. The number of halogens is 1. The van der Waals surface area contributed by atoms with E-state index in [-0.39, 0.29) is 0 Å². The van der Waals surface area contributed by atoms with Crippen molar-refractivity contribution in [2.45, 2.75) is 26.0 Å². The second-order valence-corrected chi connectivity index (χ2v) is 5.43. The van der Waals surface area contributed by atoms with Crippen molar-refractivity contribution < 1.29 is 5.11 Å². The van der Waals surface area contributed by atoms with Gasteiger partial charge in [-0.1, -0.05) is 48.9 Å². The third-order valence-electron chi connectivity index (χ3n) is 3.67. The Morgan fingerprint density at radius 1 is 1.14 bits per heavy atom. The molecule has 3 aromatic rings. The molecule has 0 aliphatic heterocycles. The van der Waals surface area contributed by atoms with Gasteiger partial charge in [0, 0.05) is 17.0 Å². The molecule has 1 aromatic heterocycles. The topological polar surface area (TPSA) is 38.0 Å². The van der Waals surface area contributed by atoms with Gasteiger partial charge in [0.05, 0.1) is 23.7 Å². The van der Waals surface area contributed by atoms with E-state index in [1.165, 1.54) is 0 Å². The van der Waals surface area contributed by atoms with E-state index in [4.69, 9.17) is 11.6 Å². The van der Waals surface area contributed by atoms with Crippen LogP contribution in [0, 0.1) is 0 Å². The van der Waals surface area contributed by atoms with Crippen molar-refractivity contribution in [2.24, 2.45) is 0 Å². The summed E-state index contributed by atoms with van der Waals surface area (Å²) in [7, 11) is 0. The van der Waals surface area contributed by atoms with Gasteiger partial charge in [0.2, 0.25) is 0 Å². The van der Waals surface area contributed by atoms with Gasteiger partial charge in [-0.3, -0.25) is 0 Å². The molecule has 21 heavy (non-hydrogen) atoms. The fourth-order valence-corrected chi connectivity index (χ4v) is 2.88. The molecule has 1 N–H and O–H groups in total. The largest absolute Gasteiger partial charge is 0.386 e. The second kappa shape index (κ2) is 5.88. The average molecular weight is 301 g/mol. The Morgan fingerprint density at radius 3 is 2.62 bits per heavy atom. The summed E-state index contributed by atoms with van der Waals surface area (Å²) in [6, 6.07) is 15.4. The summed E-state index contributed by atoms with van der Waals surface area (Å²) in [5.41, 5.74) is 2.75. The Morgan fingerprint density at radius 2 is 1.86 bits per heavy atom. The van der Waals surface area contributed by atoms with E-state index >= 15 is 0 Å². The lowest BCUT2D eigenvalue weighted by Gasteiger charge is -2.15. The highest BCUT2D eigenvalue weighted by Gasteiger charge is 2.16. The normalized spacial score (nSPS) is 12.7. The van der Waals surface area contributed by atoms with Crippen LogP contribution in [0.3, 0.4) is 0 Å². The number of imidazole rings is 1. The number of aliphatic hydroxyl groups excluding tert-OH is 1. The summed E-state index contributed by atoms with van der Waals surface area (Å²) >= 11 is 6.17. The highest BCUT2D eigenvalue weighted by atomic mass is 35.5. The van der Waals surface area contributed by atoms with Gasteiger partial charge in [-0.25, -0.2) is 4.98 Å². The number of rotatable bonds is 4. The maximum Gasteiger partial charge on any atom is 0.109 e. The molecule has 1 heterocycles. The Labute approximate surface area is 128 Å². The average Bonchev–Trinajstić information content (AvgIpc) is 2.86. The van der Waals surface area contributed by atoms with Crippen molar-refractivity contribution in [1.82, 2.24) is 9.55 Å². The molecule has 1 unspecified atom stereocenters. The molecule has 0 saturated heterocycles. The maximum atomic E-state index is 10.5. The molecule has 0 aliphatic carbocycles. The lowest BCUT2D eigenvalue weighted by molar-refractivity contribution is 0.157. The summed E-state index contributed by atoms with van der Waals surface area (Å²) < 4.78 is 2.07. The van der Waals surface area contributed by atoms with Crippen LogP contribution in [-0.4, -0.2) is 14.7 Å². The molecule has 2 aromatic carbocycles. The molecule has 3 rings (SSSR count). The third-order valence-corrected chi connectivity index (χ3v) is 4.01. The molecule has 0 spiro atoms. The number of nitrogens with zero attached hydrogens (tertiary/aromatic N) is 2. The highest BCUT2D eigenvalue weighted by molar-refractivity contribution is 6.31. The minimum absolute atomic E-state index is 0.452. The molecule has 108 valence electrons. The van der Waals surface area contributed by atoms with Crippen LogP contribution in [0.1, 0.15) is 24.4 Å². The molecule has 4 heteroatoms. The molecule has 3 nitrogen and oxygen atoms in total. The van der Waals surface area contributed by atoms with Gasteiger partial charge in [0.1, 0.15) is 5.82 Å². The second-order valence-electron chi connectivity index (χ2n) is 5.02. The predicted molar refractivity (Wildman–Crippen MR) is 85.5 cm³/mol. The summed E-state index contributed by atoms with van der Waals surface area (Å²) in [6.07, 6.45) is 0.172. The van der Waals surface area contributed by atoms with Crippen LogP contribution >= 0.6 is 11.6 Å². The zero-order valence-electron chi connectivity index (χ0n) is 11.8. The zero-order valence-corrected chi connectivity index (χ0v) is 12.6. The van der Waals surface area contributed by atoms with Crippen molar-refractivity contribution in [1.29, 1.82) is 0 Å². The molecule has 0 bridgehead atoms.